The number of hydrogen-bond acceptors (Lipinski definition) is 4. The maximum absolute atomic E-state index is 6.45. The maximum atomic E-state index is 6.45. The fourth-order valence-corrected chi connectivity index (χ4v) is 7.02. The minimum absolute atomic E-state index is 0.604. The Kier molecular flexibility index (Phi) is 7.55. The van der Waals surface area contributed by atoms with Crippen LogP contribution in [0.5, 0.6) is 0 Å². The number of furan rings is 1. The second-order valence-corrected chi connectivity index (χ2v) is 12.8. The van der Waals surface area contributed by atoms with Gasteiger partial charge in [0, 0.05) is 27.5 Å². The summed E-state index contributed by atoms with van der Waals surface area (Å²) in [5.41, 5.74) is 11.4. The van der Waals surface area contributed by atoms with Gasteiger partial charge in [-0.25, -0.2) is 15.0 Å². The van der Waals surface area contributed by atoms with Crippen LogP contribution in [0.4, 0.5) is 0 Å². The summed E-state index contributed by atoms with van der Waals surface area (Å²) in [4.78, 5) is 15.3. The van der Waals surface area contributed by atoms with Crippen molar-refractivity contribution in [1.82, 2.24) is 15.0 Å². The van der Waals surface area contributed by atoms with Crippen molar-refractivity contribution < 1.29 is 4.42 Å². The first-order valence-electron chi connectivity index (χ1n) is 17.2. The molecule has 0 radical (unpaired) electrons. The van der Waals surface area contributed by atoms with Gasteiger partial charge in [-0.15, -0.1) is 0 Å². The summed E-state index contributed by atoms with van der Waals surface area (Å²) >= 11 is 0. The van der Waals surface area contributed by atoms with Gasteiger partial charge in [-0.1, -0.05) is 133 Å². The smallest absolute Gasteiger partial charge is 0.164 e. The van der Waals surface area contributed by atoms with Crippen molar-refractivity contribution in [2.24, 2.45) is 0 Å². The standard InChI is InChI=1S/C47H33N3O/c1-3-12-31-17-10-18-39(30(31)2)46-48-45(34-15-8-5-9-16-34)49-47(50-46)40-19-11-20-43-44(40)41-29-37(25-26-42(41)51-43)36-24-22-33-21-23-35(27-38(33)28-36)32-13-6-4-7-14-32/h3-29H,1-2H3/b12-3-. The molecule has 0 saturated carbocycles. The van der Waals surface area contributed by atoms with Crippen LogP contribution in [0, 0.1) is 6.92 Å². The highest BCUT2D eigenvalue weighted by Crippen LogP contribution is 2.39. The molecular formula is C47H33N3O. The maximum Gasteiger partial charge on any atom is 0.164 e. The van der Waals surface area contributed by atoms with Gasteiger partial charge in [-0.3, -0.25) is 0 Å². The molecule has 0 N–H and O–H groups in total. The normalized spacial score (nSPS) is 11.6. The Morgan fingerprint density at radius 2 is 1.08 bits per heavy atom. The molecule has 0 saturated heterocycles. The number of benzene rings is 7. The van der Waals surface area contributed by atoms with Gasteiger partial charge in [0.05, 0.1) is 0 Å². The fourth-order valence-electron chi connectivity index (χ4n) is 7.02. The van der Waals surface area contributed by atoms with Gasteiger partial charge in [0.1, 0.15) is 11.2 Å². The van der Waals surface area contributed by atoms with E-state index < -0.39 is 0 Å². The zero-order chi connectivity index (χ0) is 34.3. The SMILES string of the molecule is C/C=C\c1cccc(-c2nc(-c3ccccc3)nc(-c3cccc4oc5ccc(-c6ccc7ccc(-c8ccccc8)cc7c6)cc5c34)n2)c1C. The molecule has 0 aliphatic heterocycles. The number of nitrogens with zero attached hydrogens (tertiary/aromatic N) is 3. The lowest BCUT2D eigenvalue weighted by Crippen LogP contribution is -2.01. The van der Waals surface area contributed by atoms with E-state index in [1.54, 1.807) is 0 Å². The zero-order valence-corrected chi connectivity index (χ0v) is 28.3. The topological polar surface area (TPSA) is 51.8 Å². The molecule has 0 unspecified atom stereocenters. The molecule has 2 aromatic heterocycles. The molecule has 0 amide bonds. The van der Waals surface area contributed by atoms with Crippen LogP contribution in [0.25, 0.3) is 95.2 Å². The molecule has 0 aliphatic rings. The van der Waals surface area contributed by atoms with E-state index in [1.165, 1.54) is 21.9 Å². The molecule has 0 spiro atoms. The van der Waals surface area contributed by atoms with Crippen molar-refractivity contribution in [3.63, 3.8) is 0 Å². The number of allylic oxidation sites excluding steroid dienone is 1. The van der Waals surface area contributed by atoms with Crippen LogP contribution >= 0.6 is 0 Å². The van der Waals surface area contributed by atoms with Crippen molar-refractivity contribution in [1.29, 1.82) is 0 Å². The minimum Gasteiger partial charge on any atom is -0.456 e. The minimum atomic E-state index is 0.604. The number of aromatic nitrogens is 3. The van der Waals surface area contributed by atoms with Crippen LogP contribution in [0.2, 0.25) is 0 Å². The lowest BCUT2D eigenvalue weighted by molar-refractivity contribution is 0.669. The summed E-state index contributed by atoms with van der Waals surface area (Å²) in [5.74, 6) is 1.87. The molecule has 4 heteroatoms. The summed E-state index contributed by atoms with van der Waals surface area (Å²) in [6.07, 6.45) is 4.17. The van der Waals surface area contributed by atoms with Gasteiger partial charge in [0.2, 0.25) is 0 Å². The van der Waals surface area contributed by atoms with Crippen LogP contribution in [0.3, 0.4) is 0 Å². The van der Waals surface area contributed by atoms with Crippen molar-refractivity contribution in [3.8, 4) is 56.4 Å². The highest BCUT2D eigenvalue weighted by atomic mass is 16.3. The third-order valence-electron chi connectivity index (χ3n) is 9.65. The predicted molar refractivity (Wildman–Crippen MR) is 211 cm³/mol. The first-order chi connectivity index (χ1) is 25.1. The average molecular weight is 656 g/mol. The van der Waals surface area contributed by atoms with E-state index >= 15 is 0 Å². The second kappa shape index (κ2) is 12.7. The van der Waals surface area contributed by atoms with Gasteiger partial charge in [0.25, 0.3) is 0 Å². The van der Waals surface area contributed by atoms with Crippen LogP contribution in [0.1, 0.15) is 18.1 Å². The second-order valence-electron chi connectivity index (χ2n) is 12.8. The largest absolute Gasteiger partial charge is 0.456 e. The van der Waals surface area contributed by atoms with Gasteiger partial charge in [0.15, 0.2) is 17.5 Å². The molecule has 51 heavy (non-hydrogen) atoms. The van der Waals surface area contributed by atoms with E-state index in [9.17, 15) is 0 Å². The highest BCUT2D eigenvalue weighted by molar-refractivity contribution is 6.13. The third-order valence-corrected chi connectivity index (χ3v) is 9.65. The Labute approximate surface area is 296 Å². The van der Waals surface area contributed by atoms with Gasteiger partial charge in [-0.05, 0) is 88.3 Å². The summed E-state index contributed by atoms with van der Waals surface area (Å²) in [5, 5.41) is 4.41. The first kappa shape index (κ1) is 30.4. The summed E-state index contributed by atoms with van der Waals surface area (Å²) in [6, 6.07) is 52.8. The molecule has 9 rings (SSSR count). The van der Waals surface area contributed by atoms with Crippen LogP contribution in [-0.2, 0) is 0 Å². The average Bonchev–Trinajstić information content (AvgIpc) is 3.57. The monoisotopic (exact) mass is 655 g/mol. The lowest BCUT2D eigenvalue weighted by Gasteiger charge is -2.12. The number of rotatable bonds is 6. The molecule has 0 bridgehead atoms. The Bertz CT molecular complexity index is 2760. The van der Waals surface area contributed by atoms with E-state index in [4.69, 9.17) is 19.4 Å². The van der Waals surface area contributed by atoms with E-state index in [-0.39, 0.29) is 0 Å². The molecule has 4 nitrogen and oxygen atoms in total. The Balaban J connectivity index is 1.22. The van der Waals surface area contributed by atoms with Crippen molar-refractivity contribution in [2.45, 2.75) is 13.8 Å². The van der Waals surface area contributed by atoms with Crippen LogP contribution < -0.4 is 0 Å². The van der Waals surface area contributed by atoms with Gasteiger partial charge >= 0.3 is 0 Å². The highest BCUT2D eigenvalue weighted by Gasteiger charge is 2.19. The molecule has 0 atom stereocenters. The van der Waals surface area contributed by atoms with E-state index in [0.717, 1.165) is 60.9 Å². The van der Waals surface area contributed by atoms with E-state index in [0.29, 0.717) is 17.5 Å². The number of fused-ring (bicyclic) bond motifs is 4. The van der Waals surface area contributed by atoms with Crippen molar-refractivity contribution >= 4 is 38.8 Å². The van der Waals surface area contributed by atoms with Gasteiger partial charge < -0.3 is 4.42 Å². The molecule has 7 aromatic carbocycles. The summed E-state index contributed by atoms with van der Waals surface area (Å²) in [7, 11) is 0. The molecule has 242 valence electrons. The molecule has 0 aliphatic carbocycles. The van der Waals surface area contributed by atoms with Crippen molar-refractivity contribution in [2.75, 3.05) is 0 Å². The van der Waals surface area contributed by atoms with E-state index in [2.05, 4.69) is 128 Å². The molecular weight excluding hydrogens is 623 g/mol. The molecule has 9 aromatic rings. The number of hydrogen-bond donors (Lipinski definition) is 0. The Morgan fingerprint density at radius 3 is 1.82 bits per heavy atom. The molecule has 0 fully saturated rings. The predicted octanol–water partition coefficient (Wildman–Crippen LogP) is 12.6. The van der Waals surface area contributed by atoms with E-state index in [1.807, 2.05) is 49.4 Å². The first-order valence-corrected chi connectivity index (χ1v) is 17.2. The summed E-state index contributed by atoms with van der Waals surface area (Å²) < 4.78 is 6.45. The summed E-state index contributed by atoms with van der Waals surface area (Å²) in [6.45, 7) is 4.15. The fraction of sp³-hybridized carbons (Fsp3) is 0.0426. The van der Waals surface area contributed by atoms with Gasteiger partial charge in [-0.2, -0.15) is 0 Å². The lowest BCUT2D eigenvalue weighted by atomic mass is 9.96. The third kappa shape index (κ3) is 5.57. The van der Waals surface area contributed by atoms with Crippen molar-refractivity contribution in [3.05, 3.63) is 169 Å². The Hall–Kier alpha value is -6.65. The van der Waals surface area contributed by atoms with Crippen LogP contribution in [-0.4, -0.2) is 15.0 Å². The zero-order valence-electron chi connectivity index (χ0n) is 28.3. The Morgan fingerprint density at radius 1 is 0.471 bits per heavy atom. The van der Waals surface area contributed by atoms with Crippen LogP contribution in [0.15, 0.2) is 162 Å². The quantitative estimate of drug-likeness (QED) is 0.179. The molecule has 2 heterocycles.